The molecule has 3 rings (SSSR count). The fourth-order valence-corrected chi connectivity index (χ4v) is 3.08. The van der Waals surface area contributed by atoms with Crippen molar-refractivity contribution in [2.45, 2.75) is 26.4 Å². The number of carbonyl (C=O) groups excluding carboxylic acids is 3. The molecule has 1 unspecified atom stereocenters. The number of nitrogens with one attached hydrogen (secondary N) is 3. The van der Waals surface area contributed by atoms with E-state index < -0.39 is 6.04 Å². The minimum absolute atomic E-state index is 0.132. The molecular formula is C25H26N4O3. The Morgan fingerprint density at radius 1 is 0.844 bits per heavy atom. The standard InChI is InChI=1S/C25H26N4O3/c1-17(2)22(29-24(31)18-9-4-3-5-10-18)25(32)28-20-13-8-11-19(15-20)23(30)27-16-21-12-6-7-14-26-21/h3-15,17,22H,16H2,1-2H3,(H,27,30)(H,28,32)(H,29,31). The summed E-state index contributed by atoms with van der Waals surface area (Å²) in [5.41, 5.74) is 2.12. The fourth-order valence-electron chi connectivity index (χ4n) is 3.08. The van der Waals surface area contributed by atoms with Gasteiger partial charge in [-0.05, 0) is 48.4 Å². The summed E-state index contributed by atoms with van der Waals surface area (Å²) in [5, 5.41) is 8.40. The molecule has 2 aromatic carbocycles. The van der Waals surface area contributed by atoms with E-state index in [1.807, 2.05) is 38.1 Å². The number of hydrogen-bond donors (Lipinski definition) is 3. The van der Waals surface area contributed by atoms with Crippen LogP contribution in [-0.4, -0.2) is 28.7 Å². The Morgan fingerprint density at radius 3 is 2.25 bits per heavy atom. The van der Waals surface area contributed by atoms with E-state index in [9.17, 15) is 14.4 Å². The first-order valence-corrected chi connectivity index (χ1v) is 10.4. The van der Waals surface area contributed by atoms with Gasteiger partial charge in [0.05, 0.1) is 12.2 Å². The van der Waals surface area contributed by atoms with Gasteiger partial charge < -0.3 is 16.0 Å². The van der Waals surface area contributed by atoms with Gasteiger partial charge >= 0.3 is 0 Å². The quantitative estimate of drug-likeness (QED) is 0.510. The first-order chi connectivity index (χ1) is 15.4. The predicted octanol–water partition coefficient (Wildman–Crippen LogP) is 3.40. The maximum atomic E-state index is 12.9. The van der Waals surface area contributed by atoms with Crippen LogP contribution < -0.4 is 16.0 Å². The highest BCUT2D eigenvalue weighted by Gasteiger charge is 2.25. The number of benzene rings is 2. The van der Waals surface area contributed by atoms with Gasteiger partial charge in [0.25, 0.3) is 11.8 Å². The van der Waals surface area contributed by atoms with E-state index in [-0.39, 0.29) is 23.6 Å². The molecule has 0 saturated heterocycles. The van der Waals surface area contributed by atoms with Gasteiger partial charge in [0.1, 0.15) is 6.04 Å². The smallest absolute Gasteiger partial charge is 0.251 e. The Morgan fingerprint density at radius 2 is 1.56 bits per heavy atom. The SMILES string of the molecule is CC(C)C(NC(=O)c1ccccc1)C(=O)Nc1cccc(C(=O)NCc2ccccn2)c1. The first-order valence-electron chi connectivity index (χ1n) is 10.4. The van der Waals surface area contributed by atoms with Gasteiger partial charge in [0, 0.05) is 23.0 Å². The first kappa shape index (κ1) is 22.7. The second-order valence-corrected chi connectivity index (χ2v) is 7.63. The lowest BCUT2D eigenvalue weighted by atomic mass is 10.0. The van der Waals surface area contributed by atoms with Crippen LogP contribution in [0.1, 0.15) is 40.3 Å². The molecule has 0 aliphatic heterocycles. The average Bonchev–Trinajstić information content (AvgIpc) is 2.82. The molecule has 0 aliphatic rings. The zero-order valence-corrected chi connectivity index (χ0v) is 18.0. The van der Waals surface area contributed by atoms with Crippen LogP contribution in [0.2, 0.25) is 0 Å². The number of pyridine rings is 1. The summed E-state index contributed by atoms with van der Waals surface area (Å²) < 4.78 is 0. The van der Waals surface area contributed by atoms with Crippen molar-refractivity contribution in [2.24, 2.45) is 5.92 Å². The molecule has 0 bridgehead atoms. The highest BCUT2D eigenvalue weighted by molar-refractivity contribution is 6.02. The molecule has 1 heterocycles. The minimum atomic E-state index is -0.732. The lowest BCUT2D eigenvalue weighted by Crippen LogP contribution is -2.47. The number of hydrogen-bond acceptors (Lipinski definition) is 4. The van der Waals surface area contributed by atoms with Crippen LogP contribution in [0.5, 0.6) is 0 Å². The summed E-state index contributed by atoms with van der Waals surface area (Å²) in [6, 6.07) is 20.2. The topological polar surface area (TPSA) is 100 Å². The average molecular weight is 431 g/mol. The van der Waals surface area contributed by atoms with E-state index in [1.165, 1.54) is 0 Å². The van der Waals surface area contributed by atoms with Crippen LogP contribution in [0.25, 0.3) is 0 Å². The van der Waals surface area contributed by atoms with E-state index >= 15 is 0 Å². The third-order valence-corrected chi connectivity index (χ3v) is 4.82. The van der Waals surface area contributed by atoms with Crippen LogP contribution in [0.4, 0.5) is 5.69 Å². The van der Waals surface area contributed by atoms with Crippen LogP contribution in [0.3, 0.4) is 0 Å². The summed E-state index contributed by atoms with van der Waals surface area (Å²) in [6.07, 6.45) is 1.67. The van der Waals surface area contributed by atoms with Gasteiger partial charge in [-0.15, -0.1) is 0 Å². The van der Waals surface area contributed by atoms with Crippen LogP contribution in [0, 0.1) is 5.92 Å². The monoisotopic (exact) mass is 430 g/mol. The highest BCUT2D eigenvalue weighted by atomic mass is 16.2. The van der Waals surface area contributed by atoms with E-state index in [0.717, 1.165) is 5.69 Å². The summed E-state index contributed by atoms with van der Waals surface area (Å²) in [4.78, 5) is 42.0. The van der Waals surface area contributed by atoms with E-state index in [1.54, 1.807) is 54.7 Å². The van der Waals surface area contributed by atoms with Gasteiger partial charge in [0.15, 0.2) is 0 Å². The molecule has 3 amide bonds. The molecule has 1 aromatic heterocycles. The molecule has 7 heteroatoms. The van der Waals surface area contributed by atoms with Crippen molar-refractivity contribution < 1.29 is 14.4 Å². The third kappa shape index (κ3) is 6.25. The second kappa shape index (κ2) is 10.9. The number of anilines is 1. The van der Waals surface area contributed by atoms with Crippen molar-refractivity contribution in [1.29, 1.82) is 0 Å². The molecule has 164 valence electrons. The predicted molar refractivity (Wildman–Crippen MR) is 123 cm³/mol. The molecule has 0 saturated carbocycles. The minimum Gasteiger partial charge on any atom is -0.346 e. The number of nitrogens with zero attached hydrogens (tertiary/aromatic N) is 1. The third-order valence-electron chi connectivity index (χ3n) is 4.82. The van der Waals surface area contributed by atoms with Crippen LogP contribution in [-0.2, 0) is 11.3 Å². The van der Waals surface area contributed by atoms with Crippen molar-refractivity contribution >= 4 is 23.4 Å². The van der Waals surface area contributed by atoms with Crippen molar-refractivity contribution in [2.75, 3.05) is 5.32 Å². The Bertz CT molecular complexity index is 1070. The van der Waals surface area contributed by atoms with Crippen molar-refractivity contribution in [3.05, 3.63) is 95.8 Å². The molecule has 0 radical (unpaired) electrons. The summed E-state index contributed by atoms with van der Waals surface area (Å²) in [6.45, 7) is 4.02. The van der Waals surface area contributed by atoms with Crippen molar-refractivity contribution in [3.63, 3.8) is 0 Å². The highest BCUT2D eigenvalue weighted by Crippen LogP contribution is 2.14. The molecule has 7 nitrogen and oxygen atoms in total. The maximum Gasteiger partial charge on any atom is 0.251 e. The number of carbonyl (C=O) groups is 3. The van der Waals surface area contributed by atoms with Crippen molar-refractivity contribution in [3.8, 4) is 0 Å². The lowest BCUT2D eigenvalue weighted by molar-refractivity contribution is -0.118. The van der Waals surface area contributed by atoms with E-state index in [4.69, 9.17) is 0 Å². The Hall–Kier alpha value is -4.00. The summed E-state index contributed by atoms with van der Waals surface area (Å²) in [7, 11) is 0. The van der Waals surface area contributed by atoms with Gasteiger partial charge in [-0.2, -0.15) is 0 Å². The molecule has 0 fully saturated rings. The maximum absolute atomic E-state index is 12.9. The number of aromatic nitrogens is 1. The molecule has 3 aromatic rings. The van der Waals surface area contributed by atoms with Gasteiger partial charge in [-0.25, -0.2) is 0 Å². The summed E-state index contributed by atoms with van der Waals surface area (Å²) in [5.74, 6) is -1.07. The van der Waals surface area contributed by atoms with E-state index in [2.05, 4.69) is 20.9 Å². The molecular weight excluding hydrogens is 404 g/mol. The van der Waals surface area contributed by atoms with Crippen LogP contribution >= 0.6 is 0 Å². The van der Waals surface area contributed by atoms with Gasteiger partial charge in [0.2, 0.25) is 5.91 Å². The largest absolute Gasteiger partial charge is 0.346 e. The Labute approximate surface area is 187 Å². The molecule has 0 spiro atoms. The van der Waals surface area contributed by atoms with Crippen molar-refractivity contribution in [1.82, 2.24) is 15.6 Å². The fraction of sp³-hybridized carbons (Fsp3) is 0.200. The lowest BCUT2D eigenvalue weighted by Gasteiger charge is -2.22. The Balaban J connectivity index is 1.64. The zero-order chi connectivity index (χ0) is 22.9. The molecule has 0 aliphatic carbocycles. The normalized spacial score (nSPS) is 11.5. The molecule has 3 N–H and O–H groups in total. The van der Waals surface area contributed by atoms with Crippen LogP contribution in [0.15, 0.2) is 79.0 Å². The number of amides is 3. The molecule has 1 atom stereocenters. The number of rotatable bonds is 8. The molecule has 32 heavy (non-hydrogen) atoms. The Kier molecular flexibility index (Phi) is 7.70. The summed E-state index contributed by atoms with van der Waals surface area (Å²) >= 11 is 0. The second-order valence-electron chi connectivity index (χ2n) is 7.63. The zero-order valence-electron chi connectivity index (χ0n) is 18.0. The van der Waals surface area contributed by atoms with Gasteiger partial charge in [-0.1, -0.05) is 44.2 Å². The van der Waals surface area contributed by atoms with E-state index in [0.29, 0.717) is 23.4 Å². The van der Waals surface area contributed by atoms with Gasteiger partial charge in [-0.3, -0.25) is 19.4 Å².